The summed E-state index contributed by atoms with van der Waals surface area (Å²) in [6, 6.07) is 7.49. The average molecular weight is 286 g/mol. The highest BCUT2D eigenvalue weighted by Gasteiger charge is 2.10. The second kappa shape index (κ2) is 5.91. The van der Waals surface area contributed by atoms with E-state index in [0.717, 1.165) is 22.5 Å². The predicted octanol–water partition coefficient (Wildman–Crippen LogP) is 2.17. The summed E-state index contributed by atoms with van der Waals surface area (Å²) in [6.45, 7) is 5.81. The summed E-state index contributed by atoms with van der Waals surface area (Å²) in [5, 5.41) is 13.1. The normalized spacial score (nSPS) is 10.6. The van der Waals surface area contributed by atoms with Gasteiger partial charge in [0.15, 0.2) is 0 Å². The number of carbonyl (C=O) groups is 1. The van der Waals surface area contributed by atoms with Crippen LogP contribution in [0.4, 0.5) is 0 Å². The van der Waals surface area contributed by atoms with Crippen LogP contribution < -0.4 is 5.43 Å². The van der Waals surface area contributed by atoms with Gasteiger partial charge in [-0.2, -0.15) is 5.10 Å². The van der Waals surface area contributed by atoms with Crippen molar-refractivity contribution in [3.8, 4) is 5.69 Å². The molecule has 5 heteroatoms. The quantitative estimate of drug-likeness (QED) is 0.935. The average Bonchev–Trinajstić information content (AvgIpc) is 2.38. The number of nitrogens with zero attached hydrogens (tertiary/aromatic N) is 2. The molecule has 0 spiro atoms. The maximum Gasteiger partial charge on any atom is 0.303 e. The van der Waals surface area contributed by atoms with Gasteiger partial charge in [0.2, 0.25) is 5.43 Å². The standard InChI is InChI=1S/C16H18N2O3/c1-10-4-6-14(11(2)8-10)18-12(3)9-15(19)13(17-18)5-7-16(20)21/h4,6,8-9H,5,7H2,1-3H3,(H,20,21). The largest absolute Gasteiger partial charge is 0.481 e. The summed E-state index contributed by atoms with van der Waals surface area (Å²) >= 11 is 0. The molecule has 0 aliphatic heterocycles. The molecule has 1 aromatic heterocycles. The number of carboxylic acids is 1. The van der Waals surface area contributed by atoms with Crippen LogP contribution in [-0.4, -0.2) is 20.9 Å². The second-order valence-corrected chi connectivity index (χ2v) is 5.19. The lowest BCUT2D eigenvalue weighted by Crippen LogP contribution is -2.20. The zero-order valence-corrected chi connectivity index (χ0v) is 12.4. The highest BCUT2D eigenvalue weighted by atomic mass is 16.4. The Morgan fingerprint density at radius 1 is 1.24 bits per heavy atom. The Labute approximate surface area is 122 Å². The van der Waals surface area contributed by atoms with E-state index in [1.54, 1.807) is 4.68 Å². The van der Waals surface area contributed by atoms with Crippen LogP contribution in [0, 0.1) is 20.8 Å². The first-order chi connectivity index (χ1) is 9.88. The van der Waals surface area contributed by atoms with Gasteiger partial charge >= 0.3 is 5.97 Å². The maximum atomic E-state index is 11.9. The third-order valence-corrected chi connectivity index (χ3v) is 3.34. The van der Waals surface area contributed by atoms with Crippen LogP contribution >= 0.6 is 0 Å². The molecule has 0 amide bonds. The van der Waals surface area contributed by atoms with Gasteiger partial charge in [0.25, 0.3) is 0 Å². The number of aliphatic carboxylic acids is 1. The molecule has 0 radical (unpaired) electrons. The molecular formula is C16H18N2O3. The number of aromatic nitrogens is 2. The number of benzene rings is 1. The minimum atomic E-state index is -0.935. The third kappa shape index (κ3) is 3.37. The van der Waals surface area contributed by atoms with Gasteiger partial charge in [0.1, 0.15) is 5.69 Å². The number of aryl methyl sites for hydroxylation is 4. The van der Waals surface area contributed by atoms with Crippen molar-refractivity contribution in [2.45, 2.75) is 33.6 Å². The van der Waals surface area contributed by atoms with Crippen molar-refractivity contribution >= 4 is 5.97 Å². The van der Waals surface area contributed by atoms with E-state index >= 15 is 0 Å². The van der Waals surface area contributed by atoms with Crippen molar-refractivity contribution in [1.82, 2.24) is 9.78 Å². The molecule has 0 saturated carbocycles. The zero-order chi connectivity index (χ0) is 15.6. The first-order valence-corrected chi connectivity index (χ1v) is 6.78. The maximum absolute atomic E-state index is 11.9. The van der Waals surface area contributed by atoms with E-state index in [1.165, 1.54) is 6.07 Å². The van der Waals surface area contributed by atoms with Gasteiger partial charge in [-0.1, -0.05) is 17.7 Å². The van der Waals surface area contributed by atoms with E-state index in [9.17, 15) is 9.59 Å². The van der Waals surface area contributed by atoms with Gasteiger partial charge in [0, 0.05) is 18.2 Å². The molecular weight excluding hydrogens is 268 g/mol. The van der Waals surface area contributed by atoms with Crippen molar-refractivity contribution in [1.29, 1.82) is 0 Å². The highest BCUT2D eigenvalue weighted by molar-refractivity contribution is 5.66. The second-order valence-electron chi connectivity index (χ2n) is 5.19. The molecule has 0 aliphatic carbocycles. The lowest BCUT2D eigenvalue weighted by Gasteiger charge is -2.14. The summed E-state index contributed by atoms with van der Waals surface area (Å²) in [4.78, 5) is 22.6. The summed E-state index contributed by atoms with van der Waals surface area (Å²) in [5.41, 5.74) is 3.90. The molecule has 1 heterocycles. The van der Waals surface area contributed by atoms with Gasteiger partial charge in [-0.05, 0) is 32.4 Å². The number of hydrogen-bond donors (Lipinski definition) is 1. The molecule has 5 nitrogen and oxygen atoms in total. The molecule has 110 valence electrons. The fourth-order valence-electron chi connectivity index (χ4n) is 2.27. The van der Waals surface area contributed by atoms with Crippen molar-refractivity contribution < 1.29 is 9.90 Å². The summed E-state index contributed by atoms with van der Waals surface area (Å²) in [5.74, 6) is -0.935. The highest BCUT2D eigenvalue weighted by Crippen LogP contribution is 2.16. The van der Waals surface area contributed by atoms with Crippen molar-refractivity contribution in [3.63, 3.8) is 0 Å². The van der Waals surface area contributed by atoms with Crippen LogP contribution in [0.2, 0.25) is 0 Å². The number of rotatable bonds is 4. The molecule has 0 atom stereocenters. The van der Waals surface area contributed by atoms with Gasteiger partial charge in [-0.3, -0.25) is 9.59 Å². The molecule has 0 aliphatic rings. The van der Waals surface area contributed by atoms with Crippen molar-refractivity contribution in [2.75, 3.05) is 0 Å². The Hall–Kier alpha value is -2.43. The van der Waals surface area contributed by atoms with Crippen LogP contribution in [-0.2, 0) is 11.2 Å². The fraction of sp³-hybridized carbons (Fsp3) is 0.312. The topological polar surface area (TPSA) is 72.2 Å². The van der Waals surface area contributed by atoms with Gasteiger partial charge in [0.05, 0.1) is 12.1 Å². The monoisotopic (exact) mass is 286 g/mol. The lowest BCUT2D eigenvalue weighted by molar-refractivity contribution is -0.136. The predicted molar refractivity (Wildman–Crippen MR) is 80.0 cm³/mol. The lowest BCUT2D eigenvalue weighted by atomic mass is 10.1. The van der Waals surface area contributed by atoms with Gasteiger partial charge in [-0.15, -0.1) is 0 Å². The van der Waals surface area contributed by atoms with Gasteiger partial charge in [-0.25, -0.2) is 4.68 Å². The third-order valence-electron chi connectivity index (χ3n) is 3.34. The SMILES string of the molecule is Cc1ccc(-n2nc(CCC(=O)O)c(=O)cc2C)c(C)c1. The Kier molecular flexibility index (Phi) is 4.21. The van der Waals surface area contributed by atoms with E-state index in [1.807, 2.05) is 39.0 Å². The molecule has 0 saturated heterocycles. The first-order valence-electron chi connectivity index (χ1n) is 6.78. The smallest absolute Gasteiger partial charge is 0.303 e. The van der Waals surface area contributed by atoms with Crippen molar-refractivity contribution in [3.05, 3.63) is 57.0 Å². The zero-order valence-electron chi connectivity index (χ0n) is 12.4. The summed E-state index contributed by atoms with van der Waals surface area (Å²) in [6.07, 6.45) is 0.0392. The Balaban J connectivity index is 2.50. The van der Waals surface area contributed by atoms with E-state index < -0.39 is 5.97 Å². The Morgan fingerprint density at radius 3 is 2.57 bits per heavy atom. The van der Waals surface area contributed by atoms with Crippen LogP contribution in [0.15, 0.2) is 29.1 Å². The molecule has 1 N–H and O–H groups in total. The first kappa shape index (κ1) is 15.0. The molecule has 2 rings (SSSR count). The van der Waals surface area contributed by atoms with Gasteiger partial charge < -0.3 is 5.11 Å². The Bertz CT molecular complexity index is 748. The van der Waals surface area contributed by atoms with Crippen LogP contribution in [0.25, 0.3) is 5.69 Å². The molecule has 0 fully saturated rings. The van der Waals surface area contributed by atoms with Crippen LogP contribution in [0.1, 0.15) is 28.9 Å². The molecule has 0 unspecified atom stereocenters. The van der Waals surface area contributed by atoms with Crippen molar-refractivity contribution in [2.24, 2.45) is 0 Å². The van der Waals surface area contributed by atoms with Crippen LogP contribution in [0.5, 0.6) is 0 Å². The number of hydrogen-bond acceptors (Lipinski definition) is 3. The van der Waals surface area contributed by atoms with E-state index in [-0.39, 0.29) is 24.0 Å². The minimum Gasteiger partial charge on any atom is -0.481 e. The molecule has 1 aromatic carbocycles. The number of carboxylic acid groups (broad SMARTS) is 1. The molecule has 21 heavy (non-hydrogen) atoms. The summed E-state index contributed by atoms with van der Waals surface area (Å²) < 4.78 is 1.70. The summed E-state index contributed by atoms with van der Waals surface area (Å²) in [7, 11) is 0. The van der Waals surface area contributed by atoms with Crippen LogP contribution in [0.3, 0.4) is 0 Å². The van der Waals surface area contributed by atoms with E-state index in [2.05, 4.69) is 5.10 Å². The molecule has 0 bridgehead atoms. The fourth-order valence-corrected chi connectivity index (χ4v) is 2.27. The van der Waals surface area contributed by atoms with E-state index in [0.29, 0.717) is 0 Å². The molecule has 2 aromatic rings. The van der Waals surface area contributed by atoms with E-state index in [4.69, 9.17) is 5.11 Å². The minimum absolute atomic E-state index is 0.0990. The Morgan fingerprint density at radius 2 is 1.95 bits per heavy atom.